The van der Waals surface area contributed by atoms with E-state index < -0.39 is 18.0 Å². The van der Waals surface area contributed by atoms with Gasteiger partial charge >= 0.3 is 12.1 Å². The molecular weight excluding hydrogens is 348 g/mol. The Morgan fingerprint density at radius 2 is 1.85 bits per heavy atom. The molecule has 1 aromatic carbocycles. The highest BCUT2D eigenvalue weighted by Crippen LogP contribution is 2.29. The summed E-state index contributed by atoms with van der Waals surface area (Å²) in [6, 6.07) is 8.24. The summed E-state index contributed by atoms with van der Waals surface area (Å²) in [5.74, 6) is -1.09. The minimum Gasteiger partial charge on any atom is -0.447 e. The number of carbonyl (C=O) groups is 3. The van der Waals surface area contributed by atoms with Crippen molar-refractivity contribution in [3.63, 3.8) is 0 Å². The number of imide groups is 1. The maximum atomic E-state index is 13.0. The number of ether oxygens (including phenoxy) is 1. The minimum atomic E-state index is -0.587. The van der Waals surface area contributed by atoms with Crippen molar-refractivity contribution in [3.05, 3.63) is 35.9 Å². The highest BCUT2D eigenvalue weighted by atomic mass is 16.7. The number of rotatable bonds is 5. The van der Waals surface area contributed by atoms with Gasteiger partial charge in [0, 0.05) is 6.54 Å². The van der Waals surface area contributed by atoms with E-state index in [2.05, 4.69) is 0 Å². The molecule has 0 aliphatic carbocycles. The fourth-order valence-electron chi connectivity index (χ4n) is 3.68. The first-order valence-corrected chi connectivity index (χ1v) is 9.44. The molecule has 2 aliphatic rings. The molecule has 3 rings (SSSR count). The highest BCUT2D eigenvalue weighted by Gasteiger charge is 2.45. The number of cyclic esters (lactones) is 1. The monoisotopic (exact) mass is 374 g/mol. The van der Waals surface area contributed by atoms with Crippen LogP contribution in [0, 0.1) is 11.8 Å². The zero-order chi connectivity index (χ0) is 19.6. The molecule has 0 aromatic heterocycles. The third kappa shape index (κ3) is 3.98. The van der Waals surface area contributed by atoms with Crippen LogP contribution in [0.5, 0.6) is 0 Å². The molecule has 0 saturated carbocycles. The van der Waals surface area contributed by atoms with E-state index in [-0.39, 0.29) is 30.5 Å². The number of hydroxylamine groups is 2. The van der Waals surface area contributed by atoms with E-state index in [1.54, 1.807) is 36.3 Å². The maximum absolute atomic E-state index is 13.0. The number of hydrogen-bond acceptors (Lipinski definition) is 6. The molecule has 0 unspecified atom stereocenters. The second-order valence-corrected chi connectivity index (χ2v) is 7.48. The van der Waals surface area contributed by atoms with Crippen LogP contribution in [-0.2, 0) is 14.4 Å². The Morgan fingerprint density at radius 3 is 2.52 bits per heavy atom. The number of hydrogen-bond donors (Lipinski definition) is 0. The molecule has 3 atom stereocenters. The van der Waals surface area contributed by atoms with Crippen molar-refractivity contribution in [2.24, 2.45) is 11.8 Å². The van der Waals surface area contributed by atoms with Crippen LogP contribution in [0.2, 0.25) is 0 Å². The van der Waals surface area contributed by atoms with Crippen LogP contribution >= 0.6 is 0 Å². The van der Waals surface area contributed by atoms with E-state index in [9.17, 15) is 14.4 Å². The molecule has 1 aromatic rings. The summed E-state index contributed by atoms with van der Waals surface area (Å²) in [6.07, 6.45) is 0.962. The van der Waals surface area contributed by atoms with Gasteiger partial charge in [-0.2, -0.15) is 0 Å². The molecule has 7 nitrogen and oxygen atoms in total. The lowest BCUT2D eigenvalue weighted by Crippen LogP contribution is -2.49. The van der Waals surface area contributed by atoms with Crippen LogP contribution in [0.15, 0.2) is 30.3 Å². The van der Waals surface area contributed by atoms with Crippen molar-refractivity contribution < 1.29 is 24.0 Å². The first kappa shape index (κ1) is 19.4. The number of amides is 2. The molecule has 0 spiro atoms. The van der Waals surface area contributed by atoms with Crippen LogP contribution in [0.4, 0.5) is 4.79 Å². The lowest BCUT2D eigenvalue weighted by molar-refractivity contribution is -0.151. The summed E-state index contributed by atoms with van der Waals surface area (Å²) in [6.45, 7) is 6.50. The molecule has 2 aliphatic heterocycles. The molecule has 27 heavy (non-hydrogen) atoms. The third-order valence-electron chi connectivity index (χ3n) is 5.34. The average molecular weight is 374 g/mol. The van der Waals surface area contributed by atoms with E-state index in [1.165, 1.54) is 4.90 Å². The molecule has 2 amide bonds. The Hall–Kier alpha value is -2.41. The van der Waals surface area contributed by atoms with Crippen LogP contribution in [-0.4, -0.2) is 53.2 Å². The van der Waals surface area contributed by atoms with E-state index in [0.717, 1.165) is 12.8 Å². The average Bonchev–Trinajstić information content (AvgIpc) is 3.27. The van der Waals surface area contributed by atoms with Crippen LogP contribution < -0.4 is 0 Å². The quantitative estimate of drug-likeness (QED) is 0.789. The Bertz CT molecular complexity index is 706. The fourth-order valence-corrected chi connectivity index (χ4v) is 3.68. The Balaban J connectivity index is 1.69. The van der Waals surface area contributed by atoms with Gasteiger partial charge in [0.15, 0.2) is 0 Å². The molecule has 0 bridgehead atoms. The zero-order valence-corrected chi connectivity index (χ0v) is 16.0. The number of nitrogens with zero attached hydrogens (tertiary/aromatic N) is 2. The second-order valence-electron chi connectivity index (χ2n) is 7.48. The van der Waals surface area contributed by atoms with Gasteiger partial charge in [-0.1, -0.05) is 39.0 Å². The van der Waals surface area contributed by atoms with Gasteiger partial charge in [0.25, 0.3) is 0 Å². The van der Waals surface area contributed by atoms with Gasteiger partial charge in [-0.25, -0.2) is 14.5 Å². The second kappa shape index (κ2) is 8.08. The molecule has 0 radical (unpaired) electrons. The van der Waals surface area contributed by atoms with E-state index in [0.29, 0.717) is 12.1 Å². The van der Waals surface area contributed by atoms with Crippen molar-refractivity contribution in [3.8, 4) is 0 Å². The molecule has 2 heterocycles. The standard InChI is InChI=1S/C20H26N2O5/c1-13(2)17-12-26-20(25)22(17)18(23)14(3)16-10-7-11-21(16)27-19(24)15-8-5-4-6-9-15/h4-6,8-9,13-14,16-17H,7,10-12H2,1-3H3/t14-,16+,17+/m0/s1. The molecule has 2 fully saturated rings. The predicted molar refractivity (Wildman–Crippen MR) is 97.6 cm³/mol. The zero-order valence-electron chi connectivity index (χ0n) is 16.0. The molecular formula is C20H26N2O5. The largest absolute Gasteiger partial charge is 0.447 e. The minimum absolute atomic E-state index is 0.114. The van der Waals surface area contributed by atoms with Crippen LogP contribution in [0.1, 0.15) is 44.0 Å². The number of benzene rings is 1. The van der Waals surface area contributed by atoms with Crippen molar-refractivity contribution in [1.29, 1.82) is 0 Å². The lowest BCUT2D eigenvalue weighted by Gasteiger charge is -2.31. The highest BCUT2D eigenvalue weighted by molar-refractivity contribution is 5.95. The smallest absolute Gasteiger partial charge is 0.416 e. The Labute approximate surface area is 159 Å². The van der Waals surface area contributed by atoms with E-state index >= 15 is 0 Å². The van der Waals surface area contributed by atoms with Crippen molar-refractivity contribution in [2.75, 3.05) is 13.2 Å². The van der Waals surface area contributed by atoms with E-state index in [1.807, 2.05) is 19.9 Å². The summed E-state index contributed by atoms with van der Waals surface area (Å²) < 4.78 is 5.09. The third-order valence-corrected chi connectivity index (χ3v) is 5.34. The molecule has 2 saturated heterocycles. The van der Waals surface area contributed by atoms with E-state index in [4.69, 9.17) is 9.57 Å². The maximum Gasteiger partial charge on any atom is 0.416 e. The summed E-state index contributed by atoms with van der Waals surface area (Å²) in [5, 5.41) is 1.59. The molecule has 7 heteroatoms. The summed E-state index contributed by atoms with van der Waals surface area (Å²) in [7, 11) is 0. The number of carbonyl (C=O) groups excluding carboxylic acids is 3. The SMILES string of the molecule is CC(C)[C@H]1COC(=O)N1C(=O)[C@@H](C)[C@H]1CCCN1OC(=O)c1ccccc1. The molecule has 0 N–H and O–H groups in total. The van der Waals surface area contributed by atoms with Gasteiger partial charge in [0.05, 0.1) is 23.6 Å². The summed E-state index contributed by atoms with van der Waals surface area (Å²) in [5.41, 5.74) is 0.463. The first-order valence-electron chi connectivity index (χ1n) is 9.44. The van der Waals surface area contributed by atoms with Crippen molar-refractivity contribution in [1.82, 2.24) is 9.96 Å². The topological polar surface area (TPSA) is 76.2 Å². The van der Waals surface area contributed by atoms with Gasteiger partial charge < -0.3 is 9.57 Å². The van der Waals surface area contributed by atoms with Gasteiger partial charge in [-0.05, 0) is 30.9 Å². The predicted octanol–water partition coefficient (Wildman–Crippen LogP) is 2.86. The normalized spacial score (nSPS) is 24.1. The van der Waals surface area contributed by atoms with Crippen molar-refractivity contribution >= 4 is 18.0 Å². The summed E-state index contributed by atoms with van der Waals surface area (Å²) >= 11 is 0. The van der Waals surface area contributed by atoms with Crippen molar-refractivity contribution in [2.45, 2.75) is 45.7 Å². The van der Waals surface area contributed by atoms with Crippen LogP contribution in [0.3, 0.4) is 0 Å². The lowest BCUT2D eigenvalue weighted by atomic mass is 9.96. The van der Waals surface area contributed by atoms with Gasteiger partial charge in [0.1, 0.15) is 6.61 Å². The molecule has 146 valence electrons. The van der Waals surface area contributed by atoms with Gasteiger partial charge in [-0.3, -0.25) is 4.79 Å². The Morgan fingerprint density at radius 1 is 1.15 bits per heavy atom. The van der Waals surface area contributed by atoms with Gasteiger partial charge in [0.2, 0.25) is 5.91 Å². The van der Waals surface area contributed by atoms with Crippen LogP contribution in [0.25, 0.3) is 0 Å². The first-order chi connectivity index (χ1) is 12.9. The fraction of sp³-hybridized carbons (Fsp3) is 0.550. The van der Waals surface area contributed by atoms with Gasteiger partial charge in [-0.15, -0.1) is 5.06 Å². The summed E-state index contributed by atoms with van der Waals surface area (Å²) in [4.78, 5) is 44.2. The Kier molecular flexibility index (Phi) is 5.79.